The Hall–Kier alpha value is -4.15. The number of pyridine rings is 2. The van der Waals surface area contributed by atoms with Gasteiger partial charge in [-0.2, -0.15) is 13.2 Å². The van der Waals surface area contributed by atoms with Crippen molar-refractivity contribution in [3.05, 3.63) is 60.3 Å². The second-order valence-electron chi connectivity index (χ2n) is 8.33. The Kier molecular flexibility index (Phi) is 5.54. The maximum Gasteiger partial charge on any atom is 0.416 e. The van der Waals surface area contributed by atoms with E-state index in [1.165, 1.54) is 28.0 Å². The lowest BCUT2D eigenvalue weighted by Crippen LogP contribution is -2.48. The molecule has 1 fully saturated rings. The molecule has 8 nitrogen and oxygen atoms in total. The molecule has 35 heavy (non-hydrogen) atoms. The third-order valence-corrected chi connectivity index (χ3v) is 6.05. The molecule has 2 aliphatic rings. The molecule has 2 aromatic heterocycles. The smallest absolute Gasteiger partial charge is 0.356 e. The first-order chi connectivity index (χ1) is 16.7. The highest BCUT2D eigenvalue weighted by Gasteiger charge is 2.33. The number of aromatic nitrogens is 2. The summed E-state index contributed by atoms with van der Waals surface area (Å²) in [6.07, 6.45) is -1.82. The summed E-state index contributed by atoms with van der Waals surface area (Å²) >= 11 is 0. The first-order valence-electron chi connectivity index (χ1n) is 11.0. The van der Waals surface area contributed by atoms with Crippen molar-refractivity contribution in [1.82, 2.24) is 9.97 Å². The van der Waals surface area contributed by atoms with Gasteiger partial charge in [0.2, 0.25) is 5.91 Å². The SMILES string of the molecule is CN1C(=O)CN(C(=O)Nc2ccnc(N3CCC3)c2)c2nc(-c3cccc(C(F)(F)F)c3)ccc21. The van der Waals surface area contributed by atoms with Crippen molar-refractivity contribution < 1.29 is 22.8 Å². The Labute approximate surface area is 199 Å². The lowest BCUT2D eigenvalue weighted by Gasteiger charge is -2.34. The number of hydrogen-bond acceptors (Lipinski definition) is 5. The van der Waals surface area contributed by atoms with Gasteiger partial charge in [0.15, 0.2) is 5.82 Å². The highest BCUT2D eigenvalue weighted by atomic mass is 19.4. The van der Waals surface area contributed by atoms with E-state index in [0.29, 0.717) is 11.4 Å². The Balaban J connectivity index is 1.47. The van der Waals surface area contributed by atoms with E-state index < -0.39 is 17.8 Å². The fourth-order valence-electron chi connectivity index (χ4n) is 3.94. The van der Waals surface area contributed by atoms with Crippen LogP contribution in [-0.2, 0) is 11.0 Å². The third-order valence-electron chi connectivity index (χ3n) is 6.05. The Morgan fingerprint density at radius 3 is 2.60 bits per heavy atom. The van der Waals surface area contributed by atoms with Crippen molar-refractivity contribution in [1.29, 1.82) is 0 Å². The molecule has 1 N–H and O–H groups in total. The molecule has 5 rings (SSSR count). The van der Waals surface area contributed by atoms with Gasteiger partial charge in [-0.15, -0.1) is 0 Å². The van der Waals surface area contributed by atoms with Gasteiger partial charge >= 0.3 is 12.2 Å². The maximum atomic E-state index is 13.2. The van der Waals surface area contributed by atoms with Gasteiger partial charge in [-0.3, -0.25) is 9.69 Å². The monoisotopic (exact) mass is 482 g/mol. The number of amides is 3. The Morgan fingerprint density at radius 1 is 1.09 bits per heavy atom. The molecule has 1 saturated heterocycles. The highest BCUT2D eigenvalue weighted by molar-refractivity contribution is 6.13. The van der Waals surface area contributed by atoms with E-state index in [1.54, 1.807) is 31.4 Å². The van der Waals surface area contributed by atoms with Gasteiger partial charge in [-0.1, -0.05) is 12.1 Å². The zero-order chi connectivity index (χ0) is 24.7. The Morgan fingerprint density at radius 2 is 1.89 bits per heavy atom. The van der Waals surface area contributed by atoms with Crippen LogP contribution in [0, 0.1) is 0 Å². The van der Waals surface area contributed by atoms with Crippen LogP contribution < -0.4 is 20.0 Å². The summed E-state index contributed by atoms with van der Waals surface area (Å²) < 4.78 is 39.6. The minimum Gasteiger partial charge on any atom is -0.356 e. The fourth-order valence-corrected chi connectivity index (χ4v) is 3.94. The van der Waals surface area contributed by atoms with E-state index in [4.69, 9.17) is 0 Å². The summed E-state index contributed by atoms with van der Waals surface area (Å²) in [5.74, 6) is 0.600. The molecule has 0 atom stereocenters. The number of benzene rings is 1. The maximum absolute atomic E-state index is 13.2. The van der Waals surface area contributed by atoms with E-state index >= 15 is 0 Å². The molecule has 0 bridgehead atoms. The minimum atomic E-state index is -4.50. The molecular formula is C24H21F3N6O2. The number of carbonyl (C=O) groups excluding carboxylic acids is 2. The molecule has 0 spiro atoms. The van der Waals surface area contributed by atoms with Crippen LogP contribution in [0.3, 0.4) is 0 Å². The van der Waals surface area contributed by atoms with Gasteiger partial charge in [-0.05, 0) is 36.8 Å². The fraction of sp³-hybridized carbons (Fsp3) is 0.250. The lowest BCUT2D eigenvalue weighted by molar-refractivity contribution is -0.137. The van der Waals surface area contributed by atoms with Gasteiger partial charge < -0.3 is 15.1 Å². The minimum absolute atomic E-state index is 0.177. The number of urea groups is 1. The second-order valence-corrected chi connectivity index (χ2v) is 8.33. The van der Waals surface area contributed by atoms with E-state index in [1.807, 2.05) is 0 Å². The second kappa shape index (κ2) is 8.57. The number of hydrogen-bond donors (Lipinski definition) is 1. The predicted molar refractivity (Wildman–Crippen MR) is 126 cm³/mol. The third kappa shape index (κ3) is 4.36. The van der Waals surface area contributed by atoms with Crippen LogP contribution in [0.1, 0.15) is 12.0 Å². The van der Waals surface area contributed by atoms with E-state index in [0.717, 1.165) is 37.5 Å². The number of nitrogens with zero attached hydrogens (tertiary/aromatic N) is 5. The average molecular weight is 482 g/mol. The summed E-state index contributed by atoms with van der Waals surface area (Å²) in [6.45, 7) is 1.53. The van der Waals surface area contributed by atoms with Gasteiger partial charge in [0.05, 0.1) is 16.9 Å². The molecule has 0 radical (unpaired) electrons. The summed E-state index contributed by atoms with van der Waals surface area (Å²) in [4.78, 5) is 39.2. The molecule has 180 valence electrons. The van der Waals surface area contributed by atoms with Crippen molar-refractivity contribution in [2.75, 3.05) is 46.7 Å². The van der Waals surface area contributed by atoms with Crippen LogP contribution in [-0.4, -0.2) is 48.6 Å². The van der Waals surface area contributed by atoms with Gasteiger partial charge in [-0.25, -0.2) is 14.8 Å². The van der Waals surface area contributed by atoms with Crippen LogP contribution >= 0.6 is 0 Å². The van der Waals surface area contributed by atoms with Crippen LogP contribution in [0.25, 0.3) is 11.3 Å². The van der Waals surface area contributed by atoms with E-state index in [9.17, 15) is 22.8 Å². The highest BCUT2D eigenvalue weighted by Crippen LogP contribution is 2.36. The van der Waals surface area contributed by atoms with Gasteiger partial charge in [0.1, 0.15) is 12.4 Å². The average Bonchev–Trinajstić information content (AvgIpc) is 2.80. The van der Waals surface area contributed by atoms with Crippen LogP contribution in [0.5, 0.6) is 0 Å². The molecule has 1 aromatic carbocycles. The standard InChI is InChI=1S/C24H21F3N6O2/c1-31-19-7-6-18(15-4-2-5-16(12-15)24(25,26)27)30-22(19)33(14-21(31)34)23(35)29-17-8-9-28-20(13-17)32-10-3-11-32/h2,4-9,12-13H,3,10-11,14H2,1H3,(H,28,29,35). The van der Waals surface area contributed by atoms with Crippen molar-refractivity contribution >= 4 is 34.9 Å². The largest absolute Gasteiger partial charge is 0.416 e. The van der Waals surface area contributed by atoms with Gasteiger partial charge in [0, 0.05) is 43.7 Å². The normalized spacial score (nSPS) is 15.5. The Bertz CT molecular complexity index is 1310. The number of nitrogens with one attached hydrogen (secondary N) is 1. The molecule has 11 heteroatoms. The van der Waals surface area contributed by atoms with Crippen molar-refractivity contribution in [3.8, 4) is 11.3 Å². The summed E-state index contributed by atoms with van der Waals surface area (Å²) in [7, 11) is 1.56. The molecule has 3 aromatic rings. The number of likely N-dealkylation sites (N-methyl/N-ethyl adjacent to an activating group) is 1. The number of alkyl halides is 3. The van der Waals surface area contributed by atoms with Crippen LogP contribution in [0.2, 0.25) is 0 Å². The molecule has 0 aliphatic carbocycles. The predicted octanol–water partition coefficient (Wildman–Crippen LogP) is 4.39. The molecule has 0 unspecified atom stereocenters. The molecule has 4 heterocycles. The van der Waals surface area contributed by atoms with Crippen LogP contribution in [0.4, 0.5) is 41.0 Å². The topological polar surface area (TPSA) is 81.7 Å². The zero-order valence-electron chi connectivity index (χ0n) is 18.7. The van der Waals surface area contributed by atoms with Crippen molar-refractivity contribution in [2.45, 2.75) is 12.6 Å². The molecule has 0 saturated carbocycles. The van der Waals surface area contributed by atoms with Crippen LogP contribution in [0.15, 0.2) is 54.7 Å². The summed E-state index contributed by atoms with van der Waals surface area (Å²) in [6, 6.07) is 10.7. The molecular weight excluding hydrogens is 461 g/mol. The summed E-state index contributed by atoms with van der Waals surface area (Å²) in [5, 5.41) is 2.78. The quantitative estimate of drug-likeness (QED) is 0.599. The number of rotatable bonds is 3. The molecule has 3 amide bonds. The number of halogens is 3. The van der Waals surface area contributed by atoms with Gasteiger partial charge in [0.25, 0.3) is 0 Å². The van der Waals surface area contributed by atoms with Crippen molar-refractivity contribution in [3.63, 3.8) is 0 Å². The number of carbonyl (C=O) groups is 2. The lowest BCUT2D eigenvalue weighted by atomic mass is 10.1. The number of anilines is 4. The van der Waals surface area contributed by atoms with E-state index in [-0.39, 0.29) is 29.5 Å². The molecule has 2 aliphatic heterocycles. The first-order valence-corrected chi connectivity index (χ1v) is 11.0. The summed E-state index contributed by atoms with van der Waals surface area (Å²) in [5.41, 5.74) is 0.583. The number of fused-ring (bicyclic) bond motifs is 1. The zero-order valence-corrected chi connectivity index (χ0v) is 18.7. The first kappa shape index (κ1) is 22.6. The van der Waals surface area contributed by atoms with E-state index in [2.05, 4.69) is 20.2 Å². The van der Waals surface area contributed by atoms with Crippen molar-refractivity contribution in [2.24, 2.45) is 0 Å².